The van der Waals surface area contributed by atoms with Gasteiger partial charge in [-0.1, -0.05) is 18.2 Å². The fourth-order valence-electron chi connectivity index (χ4n) is 2.01. The topological polar surface area (TPSA) is 68.9 Å². The second-order valence-corrected chi connectivity index (χ2v) is 4.60. The Morgan fingerprint density at radius 1 is 1.48 bits per heavy atom. The number of benzene rings is 1. The van der Waals surface area contributed by atoms with Crippen LogP contribution < -0.4 is 15.8 Å². The SMILES string of the molecule is COc1ccccc1CN=C(N)NCC1CCC=CO1.I. The molecule has 1 heterocycles. The number of rotatable bonds is 5. The first-order chi connectivity index (χ1) is 9.79. The Hall–Kier alpha value is -1.44. The summed E-state index contributed by atoms with van der Waals surface area (Å²) in [5, 5.41) is 3.09. The van der Waals surface area contributed by atoms with E-state index in [4.69, 9.17) is 15.2 Å². The highest BCUT2D eigenvalue weighted by molar-refractivity contribution is 14.0. The van der Waals surface area contributed by atoms with Gasteiger partial charge in [0.25, 0.3) is 0 Å². The molecule has 0 bridgehead atoms. The average Bonchev–Trinajstić information content (AvgIpc) is 2.52. The summed E-state index contributed by atoms with van der Waals surface area (Å²) in [7, 11) is 1.65. The Bertz CT molecular complexity index is 492. The molecule has 1 atom stereocenters. The summed E-state index contributed by atoms with van der Waals surface area (Å²) in [5.74, 6) is 1.25. The second-order valence-electron chi connectivity index (χ2n) is 4.60. The molecule has 0 amide bonds. The lowest BCUT2D eigenvalue weighted by molar-refractivity contribution is 0.127. The van der Waals surface area contributed by atoms with E-state index in [1.165, 1.54) is 0 Å². The van der Waals surface area contributed by atoms with E-state index in [2.05, 4.69) is 10.3 Å². The molecule has 0 spiro atoms. The lowest BCUT2D eigenvalue weighted by atomic mass is 10.1. The third-order valence-electron chi connectivity index (χ3n) is 3.15. The highest BCUT2D eigenvalue weighted by Gasteiger charge is 2.10. The van der Waals surface area contributed by atoms with E-state index in [1.807, 2.05) is 30.3 Å². The molecule has 1 aromatic carbocycles. The van der Waals surface area contributed by atoms with Crippen molar-refractivity contribution in [2.24, 2.45) is 10.7 Å². The van der Waals surface area contributed by atoms with Gasteiger partial charge in [-0.3, -0.25) is 0 Å². The van der Waals surface area contributed by atoms with Crippen LogP contribution in [0.1, 0.15) is 18.4 Å². The quantitative estimate of drug-likeness (QED) is 0.450. The van der Waals surface area contributed by atoms with Crippen LogP contribution in [-0.4, -0.2) is 25.7 Å². The molecule has 3 N–H and O–H groups in total. The molecule has 0 fully saturated rings. The lowest BCUT2D eigenvalue weighted by Crippen LogP contribution is -2.38. The van der Waals surface area contributed by atoms with Crippen molar-refractivity contribution in [1.82, 2.24) is 5.32 Å². The van der Waals surface area contributed by atoms with E-state index >= 15 is 0 Å². The minimum absolute atomic E-state index is 0. The number of hydrogen-bond acceptors (Lipinski definition) is 3. The molecular formula is C15H22IN3O2. The number of ether oxygens (including phenoxy) is 2. The number of aliphatic imine (C=N–C) groups is 1. The molecule has 21 heavy (non-hydrogen) atoms. The first-order valence-electron chi connectivity index (χ1n) is 6.75. The Morgan fingerprint density at radius 3 is 3.00 bits per heavy atom. The molecule has 1 unspecified atom stereocenters. The summed E-state index contributed by atoms with van der Waals surface area (Å²) >= 11 is 0. The van der Waals surface area contributed by atoms with Gasteiger partial charge in [0.1, 0.15) is 11.9 Å². The molecule has 0 aliphatic carbocycles. The predicted molar refractivity (Wildman–Crippen MR) is 95.0 cm³/mol. The third kappa shape index (κ3) is 5.82. The molecule has 5 nitrogen and oxygen atoms in total. The smallest absolute Gasteiger partial charge is 0.189 e. The van der Waals surface area contributed by atoms with Crippen molar-refractivity contribution in [3.63, 3.8) is 0 Å². The Labute approximate surface area is 142 Å². The summed E-state index contributed by atoms with van der Waals surface area (Å²) in [5.41, 5.74) is 6.87. The maximum absolute atomic E-state index is 5.85. The van der Waals surface area contributed by atoms with Crippen molar-refractivity contribution in [3.05, 3.63) is 42.2 Å². The van der Waals surface area contributed by atoms with Crippen molar-refractivity contribution in [3.8, 4) is 5.75 Å². The maximum atomic E-state index is 5.85. The summed E-state index contributed by atoms with van der Waals surface area (Å²) in [6.45, 7) is 1.17. The van der Waals surface area contributed by atoms with E-state index in [1.54, 1.807) is 13.4 Å². The summed E-state index contributed by atoms with van der Waals surface area (Å²) in [6, 6.07) is 7.78. The third-order valence-corrected chi connectivity index (χ3v) is 3.15. The fraction of sp³-hybridized carbons (Fsp3) is 0.400. The number of allylic oxidation sites excluding steroid dienone is 1. The van der Waals surface area contributed by atoms with E-state index in [0.717, 1.165) is 24.2 Å². The van der Waals surface area contributed by atoms with Gasteiger partial charge in [0.05, 0.1) is 26.5 Å². The molecule has 1 aromatic rings. The largest absolute Gasteiger partial charge is 0.497 e. The number of nitrogens with one attached hydrogen (secondary N) is 1. The van der Waals surface area contributed by atoms with Crippen LogP contribution in [0.25, 0.3) is 0 Å². The number of para-hydroxylation sites is 1. The highest BCUT2D eigenvalue weighted by Crippen LogP contribution is 2.17. The fourth-order valence-corrected chi connectivity index (χ4v) is 2.01. The normalized spacial score (nSPS) is 17.6. The minimum atomic E-state index is 0. The van der Waals surface area contributed by atoms with Gasteiger partial charge in [0, 0.05) is 5.56 Å². The maximum Gasteiger partial charge on any atom is 0.189 e. The zero-order valence-corrected chi connectivity index (χ0v) is 14.4. The molecule has 6 heteroatoms. The van der Waals surface area contributed by atoms with Crippen LogP contribution in [0.2, 0.25) is 0 Å². The molecule has 0 aromatic heterocycles. The number of guanidine groups is 1. The highest BCUT2D eigenvalue weighted by atomic mass is 127. The van der Waals surface area contributed by atoms with Crippen molar-refractivity contribution in [2.75, 3.05) is 13.7 Å². The zero-order chi connectivity index (χ0) is 14.2. The van der Waals surface area contributed by atoms with E-state index < -0.39 is 0 Å². The second kappa shape index (κ2) is 9.49. The molecule has 0 radical (unpaired) electrons. The first kappa shape index (κ1) is 17.6. The molecule has 2 rings (SSSR count). The molecule has 1 aliphatic rings. The average molecular weight is 403 g/mol. The molecule has 1 aliphatic heterocycles. The van der Waals surface area contributed by atoms with Crippen LogP contribution in [0.3, 0.4) is 0 Å². The van der Waals surface area contributed by atoms with Gasteiger partial charge in [-0.2, -0.15) is 0 Å². The molecule has 116 valence electrons. The Balaban J connectivity index is 0.00000220. The van der Waals surface area contributed by atoms with E-state index in [-0.39, 0.29) is 30.1 Å². The van der Waals surface area contributed by atoms with Gasteiger partial charge in [0.15, 0.2) is 5.96 Å². The summed E-state index contributed by atoms with van der Waals surface area (Å²) < 4.78 is 10.7. The van der Waals surface area contributed by atoms with Crippen LogP contribution >= 0.6 is 24.0 Å². The molecule has 0 saturated carbocycles. The van der Waals surface area contributed by atoms with Crippen molar-refractivity contribution in [2.45, 2.75) is 25.5 Å². The Kier molecular flexibility index (Phi) is 7.96. The minimum Gasteiger partial charge on any atom is -0.497 e. The van der Waals surface area contributed by atoms with Gasteiger partial charge < -0.3 is 20.5 Å². The van der Waals surface area contributed by atoms with Crippen LogP contribution in [0.5, 0.6) is 5.75 Å². The number of hydrogen-bond donors (Lipinski definition) is 2. The number of nitrogens with zero attached hydrogens (tertiary/aromatic N) is 1. The number of halogens is 1. The standard InChI is InChI=1S/C15H21N3O2.HI/c1-19-14-8-3-2-6-12(14)10-17-15(16)18-11-13-7-4-5-9-20-13;/h2-3,5-6,8-9,13H,4,7,10-11H2,1H3,(H3,16,17,18);1H. The molecular weight excluding hydrogens is 381 g/mol. The van der Waals surface area contributed by atoms with Crippen molar-refractivity contribution in [1.29, 1.82) is 0 Å². The summed E-state index contributed by atoms with van der Waals surface area (Å²) in [4.78, 5) is 4.32. The van der Waals surface area contributed by atoms with Crippen molar-refractivity contribution < 1.29 is 9.47 Å². The first-order valence-corrected chi connectivity index (χ1v) is 6.75. The van der Waals surface area contributed by atoms with Gasteiger partial charge in [-0.25, -0.2) is 4.99 Å². The Morgan fingerprint density at radius 2 is 2.29 bits per heavy atom. The lowest BCUT2D eigenvalue weighted by Gasteiger charge is -2.19. The van der Waals surface area contributed by atoms with E-state index in [9.17, 15) is 0 Å². The summed E-state index contributed by atoms with van der Waals surface area (Å²) in [6.07, 6.45) is 5.99. The van der Waals surface area contributed by atoms with Crippen LogP contribution in [0.4, 0.5) is 0 Å². The van der Waals surface area contributed by atoms with Crippen LogP contribution in [0, 0.1) is 0 Å². The van der Waals surface area contributed by atoms with Crippen LogP contribution in [0.15, 0.2) is 41.6 Å². The van der Waals surface area contributed by atoms with Gasteiger partial charge in [-0.05, 0) is 25.0 Å². The number of nitrogens with two attached hydrogens (primary N) is 1. The van der Waals surface area contributed by atoms with E-state index in [0.29, 0.717) is 19.0 Å². The monoisotopic (exact) mass is 403 g/mol. The van der Waals surface area contributed by atoms with Crippen molar-refractivity contribution >= 4 is 29.9 Å². The van der Waals surface area contributed by atoms with Crippen LogP contribution in [-0.2, 0) is 11.3 Å². The predicted octanol–water partition coefficient (Wildman–Crippen LogP) is 2.41. The zero-order valence-electron chi connectivity index (χ0n) is 12.1. The van der Waals surface area contributed by atoms with Gasteiger partial charge in [-0.15, -0.1) is 24.0 Å². The van der Waals surface area contributed by atoms with Gasteiger partial charge >= 0.3 is 0 Å². The van der Waals surface area contributed by atoms with Gasteiger partial charge in [0.2, 0.25) is 0 Å². The number of methoxy groups -OCH3 is 1. The molecule has 0 saturated heterocycles.